The van der Waals surface area contributed by atoms with Crippen LogP contribution in [0.2, 0.25) is 5.02 Å². The molecule has 2 aromatic carbocycles. The van der Waals surface area contributed by atoms with Crippen molar-refractivity contribution in [1.82, 2.24) is 4.90 Å². The van der Waals surface area contributed by atoms with E-state index in [4.69, 9.17) is 11.6 Å². The van der Waals surface area contributed by atoms with Crippen molar-refractivity contribution in [2.75, 3.05) is 5.32 Å². The Balaban J connectivity index is 1.59. The number of anilines is 1. The minimum atomic E-state index is -4.21. The maximum absolute atomic E-state index is 15.1. The van der Waals surface area contributed by atoms with Crippen molar-refractivity contribution in [2.45, 2.75) is 49.8 Å². The van der Waals surface area contributed by atoms with E-state index in [9.17, 15) is 23.5 Å². The van der Waals surface area contributed by atoms with E-state index in [1.807, 2.05) is 0 Å². The minimum Gasteiger partial charge on any atom is -0.393 e. The van der Waals surface area contributed by atoms with E-state index in [1.165, 1.54) is 6.07 Å². The molecule has 2 heterocycles. The predicted octanol–water partition coefficient (Wildman–Crippen LogP) is 4.48. The quantitative estimate of drug-likeness (QED) is 0.647. The van der Waals surface area contributed by atoms with E-state index in [-0.39, 0.29) is 29.1 Å². The summed E-state index contributed by atoms with van der Waals surface area (Å²) in [7, 11) is 0. The smallest absolute Gasteiger partial charge is 0.352 e. The van der Waals surface area contributed by atoms with Crippen LogP contribution in [0, 0.1) is 11.6 Å². The number of amides is 2. The number of carbonyl (C=O) groups is 2. The number of hydrogen-bond donors (Lipinski definition) is 2. The fourth-order valence-corrected chi connectivity index (χ4v) is 4.62. The Kier molecular flexibility index (Phi) is 5.89. The van der Waals surface area contributed by atoms with Gasteiger partial charge < -0.3 is 15.3 Å². The fraction of sp³-hybridized carbons (Fsp3) is 0.364. The zero-order valence-electron chi connectivity index (χ0n) is 16.6. The number of hydrogen-bond acceptors (Lipinski definition) is 3. The number of fused-ring (bicyclic) bond motifs is 2. The lowest BCUT2D eigenvalue weighted by molar-refractivity contribution is -0.166. The maximum Gasteiger partial charge on any atom is 0.352 e. The fourth-order valence-electron chi connectivity index (χ4n) is 4.44. The molecule has 170 valence electrons. The zero-order chi connectivity index (χ0) is 23.2. The lowest BCUT2D eigenvalue weighted by Crippen LogP contribution is -2.53. The van der Waals surface area contributed by atoms with Crippen molar-refractivity contribution >= 4 is 29.1 Å². The van der Waals surface area contributed by atoms with Crippen molar-refractivity contribution in [3.05, 3.63) is 64.2 Å². The Hall–Kier alpha value is -2.65. The third kappa shape index (κ3) is 4.06. The van der Waals surface area contributed by atoms with Crippen molar-refractivity contribution < 1.29 is 32.3 Å². The third-order valence-corrected chi connectivity index (χ3v) is 6.25. The highest BCUT2D eigenvalue weighted by Crippen LogP contribution is 2.41. The van der Waals surface area contributed by atoms with Crippen LogP contribution in [0.4, 0.5) is 23.2 Å². The van der Waals surface area contributed by atoms with Gasteiger partial charge in [0.15, 0.2) is 0 Å². The third-order valence-electron chi connectivity index (χ3n) is 5.96. The number of halogens is 5. The summed E-state index contributed by atoms with van der Waals surface area (Å²) < 4.78 is 57.9. The Morgan fingerprint density at radius 1 is 1.03 bits per heavy atom. The summed E-state index contributed by atoms with van der Waals surface area (Å²) in [6, 6.07) is 4.65. The van der Waals surface area contributed by atoms with Crippen LogP contribution < -0.4 is 5.32 Å². The van der Waals surface area contributed by atoms with Crippen LogP contribution in [-0.2, 0) is 10.7 Å². The molecule has 2 unspecified atom stereocenters. The standard InChI is InChI=1S/C22H19ClF4N2O3/c23-17-8-12(2-6-19(17)25)28-20(31)11-1-5-18(24)16(7-11)22(26,27)21(32)29-13-3-4-14(29)10-15(30)9-13/h1-2,5-8,13-15,30H,3-4,9-10H2,(H,28,31). The molecule has 5 nitrogen and oxygen atoms in total. The SMILES string of the molecule is O=C(Nc1ccc(F)c(Cl)c1)c1ccc(F)c(C(F)(F)C(=O)N2C3CCC2CC(O)C3)c1. The molecule has 2 aromatic rings. The molecule has 2 N–H and O–H groups in total. The summed E-state index contributed by atoms with van der Waals surface area (Å²) in [5, 5.41) is 12.0. The number of nitrogens with zero attached hydrogens (tertiary/aromatic N) is 1. The molecule has 2 amide bonds. The summed E-state index contributed by atoms with van der Waals surface area (Å²) in [5.41, 5.74) is -1.41. The highest BCUT2D eigenvalue weighted by atomic mass is 35.5. The van der Waals surface area contributed by atoms with E-state index in [0.717, 1.165) is 23.1 Å². The Bertz CT molecular complexity index is 1070. The Morgan fingerprint density at radius 3 is 2.28 bits per heavy atom. The molecule has 4 rings (SSSR count). The Morgan fingerprint density at radius 2 is 1.66 bits per heavy atom. The maximum atomic E-state index is 15.1. The number of carbonyl (C=O) groups excluding carboxylic acids is 2. The highest BCUT2D eigenvalue weighted by molar-refractivity contribution is 6.31. The molecule has 2 atom stereocenters. The van der Waals surface area contributed by atoms with Gasteiger partial charge in [0, 0.05) is 23.3 Å². The monoisotopic (exact) mass is 470 g/mol. The highest BCUT2D eigenvalue weighted by Gasteiger charge is 2.53. The lowest BCUT2D eigenvalue weighted by Gasteiger charge is -2.39. The first-order valence-electron chi connectivity index (χ1n) is 10.0. The summed E-state index contributed by atoms with van der Waals surface area (Å²) >= 11 is 5.66. The normalized spacial score (nSPS) is 22.7. The summed E-state index contributed by atoms with van der Waals surface area (Å²) in [6.07, 6.45) is 0.727. The van der Waals surface area contributed by atoms with Crippen LogP contribution in [-0.4, -0.2) is 40.0 Å². The van der Waals surface area contributed by atoms with Gasteiger partial charge in [-0.2, -0.15) is 8.78 Å². The first kappa shape index (κ1) is 22.5. The number of aliphatic hydroxyl groups is 1. The number of benzene rings is 2. The second-order valence-corrected chi connectivity index (χ2v) is 8.48. The van der Waals surface area contributed by atoms with E-state index >= 15 is 8.78 Å². The zero-order valence-corrected chi connectivity index (χ0v) is 17.4. The molecule has 2 aliphatic rings. The van der Waals surface area contributed by atoms with Crippen LogP contribution in [0.1, 0.15) is 41.6 Å². The molecule has 2 bridgehead atoms. The van der Waals surface area contributed by atoms with E-state index in [0.29, 0.717) is 25.0 Å². The van der Waals surface area contributed by atoms with Gasteiger partial charge in [0.2, 0.25) is 0 Å². The predicted molar refractivity (Wildman–Crippen MR) is 109 cm³/mol. The second kappa shape index (κ2) is 8.37. The van der Waals surface area contributed by atoms with E-state index < -0.39 is 53.1 Å². The summed E-state index contributed by atoms with van der Waals surface area (Å²) in [4.78, 5) is 26.3. The van der Waals surface area contributed by atoms with Crippen LogP contribution in [0.15, 0.2) is 36.4 Å². The Labute approximate surface area is 186 Å². The van der Waals surface area contributed by atoms with Gasteiger partial charge in [-0.15, -0.1) is 0 Å². The molecule has 10 heteroatoms. The second-order valence-electron chi connectivity index (χ2n) is 8.07. The van der Waals surface area contributed by atoms with Gasteiger partial charge in [0.25, 0.3) is 11.8 Å². The molecule has 2 saturated heterocycles. The number of rotatable bonds is 4. The van der Waals surface area contributed by atoms with Gasteiger partial charge >= 0.3 is 5.92 Å². The van der Waals surface area contributed by atoms with Crippen LogP contribution in [0.3, 0.4) is 0 Å². The lowest BCUT2D eigenvalue weighted by atomic mass is 9.96. The molecule has 0 aliphatic carbocycles. The number of nitrogens with one attached hydrogen (secondary N) is 1. The molecule has 0 radical (unpaired) electrons. The van der Waals surface area contributed by atoms with E-state index in [1.54, 1.807) is 0 Å². The summed E-state index contributed by atoms with van der Waals surface area (Å²) in [5.74, 6) is -8.64. The molecule has 2 fully saturated rings. The van der Waals surface area contributed by atoms with Crippen molar-refractivity contribution in [3.8, 4) is 0 Å². The van der Waals surface area contributed by atoms with Crippen molar-refractivity contribution in [2.24, 2.45) is 0 Å². The molecule has 2 aliphatic heterocycles. The topological polar surface area (TPSA) is 69.6 Å². The summed E-state index contributed by atoms with van der Waals surface area (Å²) in [6.45, 7) is 0. The van der Waals surface area contributed by atoms with Crippen LogP contribution >= 0.6 is 11.6 Å². The van der Waals surface area contributed by atoms with Crippen molar-refractivity contribution in [1.29, 1.82) is 0 Å². The average Bonchev–Trinajstić information content (AvgIpc) is 3.00. The first-order valence-corrected chi connectivity index (χ1v) is 10.4. The molecular formula is C22H19ClF4N2O3. The average molecular weight is 471 g/mol. The molecule has 0 saturated carbocycles. The van der Waals surface area contributed by atoms with Crippen LogP contribution in [0.5, 0.6) is 0 Å². The first-order chi connectivity index (χ1) is 15.1. The van der Waals surface area contributed by atoms with Crippen LogP contribution in [0.25, 0.3) is 0 Å². The van der Waals surface area contributed by atoms with Gasteiger partial charge in [0.1, 0.15) is 11.6 Å². The van der Waals surface area contributed by atoms with Gasteiger partial charge in [-0.3, -0.25) is 9.59 Å². The van der Waals surface area contributed by atoms with Gasteiger partial charge in [-0.1, -0.05) is 11.6 Å². The minimum absolute atomic E-state index is 0.110. The number of aliphatic hydroxyl groups excluding tert-OH is 1. The van der Waals surface area contributed by atoms with Gasteiger partial charge in [0.05, 0.1) is 16.7 Å². The number of piperidine rings is 1. The molecule has 0 aromatic heterocycles. The van der Waals surface area contributed by atoms with Gasteiger partial charge in [-0.25, -0.2) is 8.78 Å². The molecule has 32 heavy (non-hydrogen) atoms. The molecule has 0 spiro atoms. The van der Waals surface area contributed by atoms with Gasteiger partial charge in [-0.05, 0) is 62.1 Å². The largest absolute Gasteiger partial charge is 0.393 e. The van der Waals surface area contributed by atoms with E-state index in [2.05, 4.69) is 5.32 Å². The molecular weight excluding hydrogens is 452 g/mol. The number of alkyl halides is 2. The van der Waals surface area contributed by atoms with Crippen molar-refractivity contribution in [3.63, 3.8) is 0 Å².